The van der Waals surface area contributed by atoms with Gasteiger partial charge in [0, 0.05) is 5.02 Å². The third-order valence-electron chi connectivity index (χ3n) is 3.85. The highest BCUT2D eigenvalue weighted by atomic mass is 35.5. The van der Waals surface area contributed by atoms with Gasteiger partial charge < -0.3 is 14.2 Å². The van der Waals surface area contributed by atoms with Crippen molar-refractivity contribution in [2.75, 3.05) is 13.7 Å². The van der Waals surface area contributed by atoms with E-state index < -0.39 is 5.97 Å². The molecule has 0 saturated heterocycles. The van der Waals surface area contributed by atoms with E-state index in [1.807, 2.05) is 54.6 Å². The third-order valence-corrected chi connectivity index (χ3v) is 4.10. The fraction of sp³-hybridized carbons (Fsp3) is 0.0870. The molecule has 28 heavy (non-hydrogen) atoms. The summed E-state index contributed by atoms with van der Waals surface area (Å²) in [6, 6.07) is 22.1. The van der Waals surface area contributed by atoms with Gasteiger partial charge in [-0.3, -0.25) is 0 Å². The van der Waals surface area contributed by atoms with Crippen molar-refractivity contribution in [1.29, 1.82) is 0 Å². The van der Waals surface area contributed by atoms with Gasteiger partial charge in [-0.15, -0.1) is 0 Å². The molecule has 0 aliphatic rings. The van der Waals surface area contributed by atoms with Crippen LogP contribution in [-0.2, 0) is 4.79 Å². The van der Waals surface area contributed by atoms with Crippen LogP contribution in [0.3, 0.4) is 0 Å². The number of benzene rings is 3. The number of halogens is 1. The first-order valence-corrected chi connectivity index (χ1v) is 9.02. The van der Waals surface area contributed by atoms with Crippen molar-refractivity contribution in [3.8, 4) is 17.2 Å². The molecule has 0 fully saturated rings. The van der Waals surface area contributed by atoms with Crippen LogP contribution in [0.2, 0.25) is 5.02 Å². The van der Waals surface area contributed by atoms with Crippen molar-refractivity contribution in [1.82, 2.24) is 0 Å². The van der Waals surface area contributed by atoms with E-state index in [1.54, 1.807) is 30.3 Å². The minimum atomic E-state index is -0.527. The number of hydrogen-bond acceptors (Lipinski definition) is 4. The SMILES string of the molecule is COc1cc(/C=C/c2ccccc2)ccc1OC(=O)COc1ccc(Cl)cc1. The number of carbonyl (C=O) groups is 1. The molecule has 5 heteroatoms. The average Bonchev–Trinajstić information content (AvgIpc) is 2.73. The van der Waals surface area contributed by atoms with E-state index in [1.165, 1.54) is 7.11 Å². The molecule has 0 radical (unpaired) electrons. The maximum Gasteiger partial charge on any atom is 0.349 e. The summed E-state index contributed by atoms with van der Waals surface area (Å²) in [5, 5.41) is 0.598. The minimum absolute atomic E-state index is 0.222. The number of esters is 1. The van der Waals surface area contributed by atoms with Crippen LogP contribution in [-0.4, -0.2) is 19.7 Å². The number of rotatable bonds is 7. The Bertz CT molecular complexity index is 950. The molecular weight excluding hydrogens is 376 g/mol. The first-order chi connectivity index (χ1) is 13.6. The lowest BCUT2D eigenvalue weighted by molar-refractivity contribution is -0.136. The normalized spacial score (nSPS) is 10.6. The van der Waals surface area contributed by atoms with Crippen molar-refractivity contribution in [3.05, 3.63) is 88.9 Å². The Labute approximate surface area is 168 Å². The Kier molecular flexibility index (Phi) is 6.71. The highest BCUT2D eigenvalue weighted by Gasteiger charge is 2.11. The lowest BCUT2D eigenvalue weighted by Crippen LogP contribution is -2.18. The van der Waals surface area contributed by atoms with Gasteiger partial charge in [0.2, 0.25) is 0 Å². The van der Waals surface area contributed by atoms with Gasteiger partial charge in [0.25, 0.3) is 0 Å². The van der Waals surface area contributed by atoms with Crippen LogP contribution in [0.4, 0.5) is 0 Å². The van der Waals surface area contributed by atoms with Gasteiger partial charge in [-0.1, -0.05) is 60.2 Å². The molecule has 0 unspecified atom stereocenters. The second-order valence-corrected chi connectivity index (χ2v) is 6.31. The summed E-state index contributed by atoms with van der Waals surface area (Å²) in [4.78, 5) is 12.1. The summed E-state index contributed by atoms with van der Waals surface area (Å²) >= 11 is 5.82. The zero-order valence-electron chi connectivity index (χ0n) is 15.3. The number of carbonyl (C=O) groups excluding carboxylic acids is 1. The highest BCUT2D eigenvalue weighted by molar-refractivity contribution is 6.30. The summed E-state index contributed by atoms with van der Waals surface area (Å²) < 4.78 is 16.1. The van der Waals surface area contributed by atoms with Crippen LogP contribution < -0.4 is 14.2 Å². The van der Waals surface area contributed by atoms with Crippen molar-refractivity contribution in [3.63, 3.8) is 0 Å². The van der Waals surface area contributed by atoms with Crippen LogP contribution in [0.1, 0.15) is 11.1 Å². The second-order valence-electron chi connectivity index (χ2n) is 5.87. The van der Waals surface area contributed by atoms with E-state index >= 15 is 0 Å². The molecule has 0 heterocycles. The Morgan fingerprint density at radius 1 is 0.893 bits per heavy atom. The maximum absolute atomic E-state index is 12.1. The molecule has 0 atom stereocenters. The van der Waals surface area contributed by atoms with Crippen LogP contribution in [0.5, 0.6) is 17.2 Å². The van der Waals surface area contributed by atoms with Gasteiger partial charge in [-0.25, -0.2) is 4.79 Å². The molecule has 3 aromatic rings. The zero-order chi connectivity index (χ0) is 19.8. The molecule has 0 saturated carbocycles. The standard InChI is InChI=1S/C23H19ClO4/c1-26-22-15-18(8-7-17-5-3-2-4-6-17)9-14-21(22)28-23(25)16-27-20-12-10-19(24)11-13-20/h2-15H,16H2,1H3/b8-7+. The van der Waals surface area contributed by atoms with Crippen molar-refractivity contribution >= 4 is 29.7 Å². The Morgan fingerprint density at radius 3 is 2.32 bits per heavy atom. The summed E-state index contributed by atoms with van der Waals surface area (Å²) in [5.74, 6) is 0.815. The largest absolute Gasteiger partial charge is 0.493 e. The Morgan fingerprint density at radius 2 is 1.61 bits per heavy atom. The monoisotopic (exact) mass is 394 g/mol. The van der Waals surface area contributed by atoms with Crippen molar-refractivity contribution < 1.29 is 19.0 Å². The van der Waals surface area contributed by atoms with Crippen LogP contribution >= 0.6 is 11.6 Å². The molecule has 0 aliphatic carbocycles. The predicted molar refractivity (Wildman–Crippen MR) is 111 cm³/mol. The molecule has 0 N–H and O–H groups in total. The van der Waals surface area contributed by atoms with Gasteiger partial charge >= 0.3 is 5.97 Å². The number of hydrogen-bond donors (Lipinski definition) is 0. The second kappa shape index (κ2) is 9.62. The summed E-state index contributed by atoms with van der Waals surface area (Å²) in [5.41, 5.74) is 2.02. The summed E-state index contributed by atoms with van der Waals surface area (Å²) in [6.07, 6.45) is 3.97. The van der Waals surface area contributed by atoms with Crippen LogP contribution in [0, 0.1) is 0 Å². The van der Waals surface area contributed by atoms with E-state index in [4.69, 9.17) is 25.8 Å². The fourth-order valence-corrected chi connectivity index (χ4v) is 2.58. The lowest BCUT2D eigenvalue weighted by Gasteiger charge is -2.11. The Balaban J connectivity index is 1.62. The van der Waals surface area contributed by atoms with E-state index in [2.05, 4.69) is 0 Å². The molecule has 0 aromatic heterocycles. The van der Waals surface area contributed by atoms with Crippen LogP contribution in [0.25, 0.3) is 12.2 Å². The molecule has 0 aliphatic heterocycles. The first-order valence-electron chi connectivity index (χ1n) is 8.64. The van der Waals surface area contributed by atoms with Gasteiger partial charge in [0.1, 0.15) is 5.75 Å². The highest BCUT2D eigenvalue weighted by Crippen LogP contribution is 2.29. The molecule has 3 aromatic carbocycles. The lowest BCUT2D eigenvalue weighted by atomic mass is 10.1. The topological polar surface area (TPSA) is 44.8 Å². The molecular formula is C23H19ClO4. The zero-order valence-corrected chi connectivity index (χ0v) is 16.1. The van der Waals surface area contributed by atoms with Gasteiger partial charge in [0.05, 0.1) is 7.11 Å². The van der Waals surface area contributed by atoms with E-state index in [9.17, 15) is 4.79 Å². The van der Waals surface area contributed by atoms with Gasteiger partial charge in [0.15, 0.2) is 18.1 Å². The quantitative estimate of drug-likeness (QED) is 0.301. The Hall–Kier alpha value is -3.24. The molecule has 4 nitrogen and oxygen atoms in total. The summed E-state index contributed by atoms with van der Waals surface area (Å²) in [7, 11) is 1.53. The number of ether oxygens (including phenoxy) is 3. The van der Waals surface area contributed by atoms with E-state index in [0.717, 1.165) is 11.1 Å². The van der Waals surface area contributed by atoms with Crippen molar-refractivity contribution in [2.24, 2.45) is 0 Å². The molecule has 0 amide bonds. The van der Waals surface area contributed by atoms with Crippen LogP contribution in [0.15, 0.2) is 72.8 Å². The molecule has 3 rings (SSSR count). The van der Waals surface area contributed by atoms with Gasteiger partial charge in [-0.2, -0.15) is 0 Å². The fourth-order valence-electron chi connectivity index (χ4n) is 2.45. The van der Waals surface area contributed by atoms with Crippen molar-refractivity contribution in [2.45, 2.75) is 0 Å². The number of methoxy groups -OCH3 is 1. The maximum atomic E-state index is 12.1. The molecule has 142 valence electrons. The van der Waals surface area contributed by atoms with E-state index in [-0.39, 0.29) is 6.61 Å². The first kappa shape index (κ1) is 19.5. The van der Waals surface area contributed by atoms with E-state index in [0.29, 0.717) is 22.3 Å². The summed E-state index contributed by atoms with van der Waals surface area (Å²) in [6.45, 7) is -0.222. The van der Waals surface area contributed by atoms with Gasteiger partial charge in [-0.05, 0) is 47.5 Å². The molecule has 0 bridgehead atoms. The minimum Gasteiger partial charge on any atom is -0.493 e. The average molecular weight is 395 g/mol. The third kappa shape index (κ3) is 5.63. The predicted octanol–water partition coefficient (Wildman–Crippen LogP) is 5.50. The smallest absolute Gasteiger partial charge is 0.349 e. The molecule has 0 spiro atoms.